The molecule has 5 heteroatoms. The van der Waals surface area contributed by atoms with Crippen molar-refractivity contribution in [2.45, 2.75) is 6.42 Å². The van der Waals surface area contributed by atoms with Crippen LogP contribution in [0.15, 0.2) is 18.2 Å². The molecule has 0 unspecified atom stereocenters. The number of carbonyl (C=O) groups is 1. The monoisotopic (exact) mass is 268 g/mol. The molecule has 0 atom stereocenters. The lowest BCUT2D eigenvalue weighted by Crippen LogP contribution is -2.07. The first-order valence-corrected chi connectivity index (χ1v) is 6.14. The van der Waals surface area contributed by atoms with E-state index in [0.717, 1.165) is 12.7 Å². The fourth-order valence-corrected chi connectivity index (χ4v) is 1.45. The highest BCUT2D eigenvalue weighted by Gasteiger charge is 2.04. The average Bonchev–Trinajstić information content (AvgIpc) is 2.46. The molecule has 0 aliphatic heterocycles. The first kappa shape index (κ1) is 15.5. The lowest BCUT2D eigenvalue weighted by molar-refractivity contribution is 0.0644. The van der Waals surface area contributed by atoms with E-state index >= 15 is 0 Å². The molecule has 0 heterocycles. The van der Waals surface area contributed by atoms with Crippen molar-refractivity contribution in [2.24, 2.45) is 0 Å². The third kappa shape index (κ3) is 5.72. The standard InChI is InChI=1S/C14H20O5/c1-16-8-9-18-6-3-7-19-14-10-13(17-2)5-4-12(14)11-15/h4-5,10-11H,3,6-9H2,1-2H3. The summed E-state index contributed by atoms with van der Waals surface area (Å²) in [6.45, 7) is 2.26. The zero-order chi connectivity index (χ0) is 13.9. The van der Waals surface area contributed by atoms with Crippen LogP contribution >= 0.6 is 0 Å². The van der Waals surface area contributed by atoms with Gasteiger partial charge in [0.1, 0.15) is 11.5 Å². The van der Waals surface area contributed by atoms with Gasteiger partial charge in [-0.1, -0.05) is 0 Å². The summed E-state index contributed by atoms with van der Waals surface area (Å²) in [6.07, 6.45) is 1.52. The topological polar surface area (TPSA) is 54.0 Å². The van der Waals surface area contributed by atoms with Gasteiger partial charge in [-0.3, -0.25) is 4.79 Å². The molecule has 1 aromatic carbocycles. The summed E-state index contributed by atoms with van der Waals surface area (Å²) in [5, 5.41) is 0. The molecule has 5 nitrogen and oxygen atoms in total. The van der Waals surface area contributed by atoms with Crippen molar-refractivity contribution in [3.05, 3.63) is 23.8 Å². The number of benzene rings is 1. The van der Waals surface area contributed by atoms with E-state index in [1.165, 1.54) is 0 Å². The largest absolute Gasteiger partial charge is 0.497 e. The Morgan fingerprint density at radius 3 is 2.63 bits per heavy atom. The first-order chi connectivity index (χ1) is 9.31. The maximum atomic E-state index is 10.9. The molecule has 0 N–H and O–H groups in total. The van der Waals surface area contributed by atoms with Crippen LogP contribution in [0.3, 0.4) is 0 Å². The molecule has 0 aliphatic carbocycles. The molecular weight excluding hydrogens is 248 g/mol. The number of hydrogen-bond acceptors (Lipinski definition) is 5. The lowest BCUT2D eigenvalue weighted by atomic mass is 10.2. The molecule has 1 rings (SSSR count). The number of carbonyl (C=O) groups excluding carboxylic acids is 1. The summed E-state index contributed by atoms with van der Waals surface area (Å²) >= 11 is 0. The van der Waals surface area contributed by atoms with E-state index in [9.17, 15) is 4.79 Å². The Hall–Kier alpha value is -1.59. The predicted molar refractivity (Wildman–Crippen MR) is 71.2 cm³/mol. The summed E-state index contributed by atoms with van der Waals surface area (Å²) in [7, 11) is 3.21. The Morgan fingerprint density at radius 1 is 1.11 bits per heavy atom. The maximum absolute atomic E-state index is 10.9. The number of ether oxygens (including phenoxy) is 4. The SMILES string of the molecule is COCCOCCCOc1cc(OC)ccc1C=O. The molecule has 0 radical (unpaired) electrons. The maximum Gasteiger partial charge on any atom is 0.153 e. The van der Waals surface area contributed by atoms with Crippen molar-refractivity contribution < 1.29 is 23.7 Å². The summed E-state index contributed by atoms with van der Waals surface area (Å²) < 4.78 is 20.8. The van der Waals surface area contributed by atoms with Gasteiger partial charge in [-0.2, -0.15) is 0 Å². The number of aldehydes is 1. The quantitative estimate of drug-likeness (QED) is 0.479. The number of rotatable bonds is 10. The third-order valence-corrected chi connectivity index (χ3v) is 2.47. The molecule has 1 aromatic rings. The van der Waals surface area contributed by atoms with Crippen molar-refractivity contribution >= 4 is 6.29 Å². The lowest BCUT2D eigenvalue weighted by Gasteiger charge is -2.10. The molecule has 106 valence electrons. The third-order valence-electron chi connectivity index (χ3n) is 2.47. The van der Waals surface area contributed by atoms with E-state index < -0.39 is 0 Å². The molecule has 0 bridgehead atoms. The zero-order valence-corrected chi connectivity index (χ0v) is 11.4. The minimum absolute atomic E-state index is 0.487. The molecule has 19 heavy (non-hydrogen) atoms. The van der Waals surface area contributed by atoms with E-state index in [-0.39, 0.29) is 0 Å². The Kier molecular flexibility index (Phi) is 7.62. The Balaban J connectivity index is 2.33. The summed E-state index contributed by atoms with van der Waals surface area (Å²) in [4.78, 5) is 10.9. The van der Waals surface area contributed by atoms with Gasteiger partial charge in [-0.05, 0) is 12.1 Å². The van der Waals surface area contributed by atoms with Crippen molar-refractivity contribution in [2.75, 3.05) is 40.6 Å². The fourth-order valence-electron chi connectivity index (χ4n) is 1.45. The molecule has 0 aromatic heterocycles. The van der Waals surface area contributed by atoms with Crippen LogP contribution in [0.2, 0.25) is 0 Å². The van der Waals surface area contributed by atoms with Crippen molar-refractivity contribution in [3.63, 3.8) is 0 Å². The number of hydrogen-bond donors (Lipinski definition) is 0. The fraction of sp³-hybridized carbons (Fsp3) is 0.500. The highest BCUT2D eigenvalue weighted by molar-refractivity contribution is 5.79. The highest BCUT2D eigenvalue weighted by Crippen LogP contribution is 2.23. The van der Waals surface area contributed by atoms with Gasteiger partial charge >= 0.3 is 0 Å². The van der Waals surface area contributed by atoms with E-state index in [1.54, 1.807) is 32.4 Å². The predicted octanol–water partition coefficient (Wildman–Crippen LogP) is 1.94. The molecule has 0 amide bonds. The summed E-state index contributed by atoms with van der Waals surface area (Å²) in [5.41, 5.74) is 0.515. The molecule has 0 fully saturated rings. The van der Waals surface area contributed by atoms with Gasteiger partial charge in [0.25, 0.3) is 0 Å². The van der Waals surface area contributed by atoms with Crippen LogP contribution in [0.5, 0.6) is 11.5 Å². The average molecular weight is 268 g/mol. The zero-order valence-electron chi connectivity index (χ0n) is 11.4. The van der Waals surface area contributed by atoms with Gasteiger partial charge in [-0.15, -0.1) is 0 Å². The smallest absolute Gasteiger partial charge is 0.153 e. The van der Waals surface area contributed by atoms with Gasteiger partial charge in [0.05, 0.1) is 32.5 Å². The van der Waals surface area contributed by atoms with Crippen molar-refractivity contribution in [3.8, 4) is 11.5 Å². The molecule has 0 aliphatic rings. The summed E-state index contributed by atoms with van der Waals surface area (Å²) in [6, 6.07) is 5.11. The van der Waals surface area contributed by atoms with Crippen molar-refractivity contribution in [1.29, 1.82) is 0 Å². The Morgan fingerprint density at radius 2 is 1.95 bits per heavy atom. The Labute approximate surface area is 113 Å². The van der Waals surface area contributed by atoms with Gasteiger partial charge in [-0.25, -0.2) is 0 Å². The van der Waals surface area contributed by atoms with Crippen LogP contribution in [-0.4, -0.2) is 46.9 Å². The van der Waals surface area contributed by atoms with Gasteiger partial charge in [0.2, 0.25) is 0 Å². The first-order valence-electron chi connectivity index (χ1n) is 6.14. The van der Waals surface area contributed by atoms with Crippen LogP contribution in [0, 0.1) is 0 Å². The van der Waals surface area contributed by atoms with Crippen LogP contribution in [-0.2, 0) is 9.47 Å². The van der Waals surface area contributed by atoms with E-state index in [2.05, 4.69) is 0 Å². The number of methoxy groups -OCH3 is 2. The van der Waals surface area contributed by atoms with Crippen LogP contribution in [0.4, 0.5) is 0 Å². The van der Waals surface area contributed by atoms with Crippen LogP contribution in [0.1, 0.15) is 16.8 Å². The van der Waals surface area contributed by atoms with Gasteiger partial charge in [0, 0.05) is 26.2 Å². The van der Waals surface area contributed by atoms with Gasteiger partial charge < -0.3 is 18.9 Å². The molecule has 0 saturated heterocycles. The second-order valence-corrected chi connectivity index (χ2v) is 3.83. The molecule has 0 saturated carbocycles. The van der Waals surface area contributed by atoms with E-state index in [0.29, 0.717) is 43.5 Å². The summed E-state index contributed by atoms with van der Waals surface area (Å²) in [5.74, 6) is 1.20. The highest BCUT2D eigenvalue weighted by atomic mass is 16.5. The minimum atomic E-state index is 0.487. The Bertz CT molecular complexity index is 378. The van der Waals surface area contributed by atoms with Crippen LogP contribution in [0.25, 0.3) is 0 Å². The second kappa shape index (κ2) is 9.35. The molecule has 0 spiro atoms. The minimum Gasteiger partial charge on any atom is -0.497 e. The van der Waals surface area contributed by atoms with E-state index in [1.807, 2.05) is 0 Å². The van der Waals surface area contributed by atoms with Crippen LogP contribution < -0.4 is 9.47 Å². The molecular formula is C14H20O5. The van der Waals surface area contributed by atoms with E-state index in [4.69, 9.17) is 18.9 Å². The van der Waals surface area contributed by atoms with Crippen molar-refractivity contribution in [1.82, 2.24) is 0 Å². The normalized spacial score (nSPS) is 10.2. The van der Waals surface area contributed by atoms with Gasteiger partial charge in [0.15, 0.2) is 6.29 Å². The second-order valence-electron chi connectivity index (χ2n) is 3.83.